The molecule has 0 aliphatic carbocycles. The number of hydrogen-bond acceptors (Lipinski definition) is 4. The van der Waals surface area contributed by atoms with Crippen molar-refractivity contribution >= 4 is 12.0 Å². The van der Waals surface area contributed by atoms with Gasteiger partial charge in [-0.25, -0.2) is 15.1 Å². The van der Waals surface area contributed by atoms with Crippen molar-refractivity contribution in [2.45, 2.75) is 19.4 Å². The Hall–Kier alpha value is -1.81. The van der Waals surface area contributed by atoms with E-state index in [2.05, 4.69) is 4.84 Å². The Kier molecular flexibility index (Phi) is 5.82. The van der Waals surface area contributed by atoms with E-state index in [0.717, 1.165) is 0 Å². The van der Waals surface area contributed by atoms with E-state index in [1.165, 1.54) is 11.9 Å². The van der Waals surface area contributed by atoms with Gasteiger partial charge in [-0.2, -0.15) is 5.26 Å². The molecule has 2 amide bonds. The summed E-state index contributed by atoms with van der Waals surface area (Å²) < 4.78 is 0. The van der Waals surface area contributed by atoms with Crippen LogP contribution in [0.1, 0.15) is 13.3 Å². The zero-order valence-electron chi connectivity index (χ0n) is 8.56. The van der Waals surface area contributed by atoms with Gasteiger partial charge in [0, 0.05) is 13.1 Å². The first-order valence-electron chi connectivity index (χ1n) is 4.22. The number of carbonyl (C=O) groups is 2. The Morgan fingerprint density at radius 3 is 2.73 bits per heavy atom. The first-order valence-corrected chi connectivity index (χ1v) is 4.22. The predicted molar refractivity (Wildman–Crippen MR) is 49.6 cm³/mol. The number of rotatable bonds is 5. The molecule has 0 aromatic carbocycles. The van der Waals surface area contributed by atoms with Gasteiger partial charge in [-0.3, -0.25) is 4.84 Å². The normalized spacial score (nSPS) is 11.3. The van der Waals surface area contributed by atoms with Crippen LogP contribution in [0.4, 0.5) is 4.79 Å². The third-order valence-corrected chi connectivity index (χ3v) is 1.72. The SMILES string of the molecule is CC(CC#N)N(C)C(=O)NOCC(=O)O. The molecule has 2 N–H and O–H groups in total. The molecule has 1 unspecified atom stereocenters. The number of nitrogens with zero attached hydrogens (tertiary/aromatic N) is 2. The zero-order valence-corrected chi connectivity index (χ0v) is 8.56. The monoisotopic (exact) mass is 215 g/mol. The van der Waals surface area contributed by atoms with E-state index >= 15 is 0 Å². The number of nitriles is 1. The Labute approximate surface area is 87.2 Å². The molecule has 0 saturated carbocycles. The van der Waals surface area contributed by atoms with Crippen molar-refractivity contribution in [3.8, 4) is 6.07 Å². The highest BCUT2D eigenvalue weighted by molar-refractivity contribution is 5.73. The summed E-state index contributed by atoms with van der Waals surface area (Å²) in [4.78, 5) is 26.9. The highest BCUT2D eigenvalue weighted by Gasteiger charge is 2.15. The van der Waals surface area contributed by atoms with Gasteiger partial charge in [-0.15, -0.1) is 0 Å². The number of carboxylic acids is 1. The van der Waals surface area contributed by atoms with E-state index in [-0.39, 0.29) is 12.5 Å². The molecule has 0 bridgehead atoms. The number of hydrogen-bond donors (Lipinski definition) is 2. The van der Waals surface area contributed by atoms with E-state index in [9.17, 15) is 9.59 Å². The van der Waals surface area contributed by atoms with Crippen molar-refractivity contribution in [2.75, 3.05) is 13.7 Å². The highest BCUT2D eigenvalue weighted by Crippen LogP contribution is 1.99. The summed E-state index contributed by atoms with van der Waals surface area (Å²) in [6.45, 7) is 1.09. The highest BCUT2D eigenvalue weighted by atomic mass is 16.7. The molecule has 7 heteroatoms. The van der Waals surface area contributed by atoms with Crippen LogP contribution < -0.4 is 5.48 Å². The molecule has 84 valence electrons. The maximum absolute atomic E-state index is 11.2. The summed E-state index contributed by atoms with van der Waals surface area (Å²) >= 11 is 0. The third kappa shape index (κ3) is 5.49. The molecule has 0 saturated heterocycles. The smallest absolute Gasteiger partial charge is 0.341 e. The first-order chi connectivity index (χ1) is 6.99. The Morgan fingerprint density at radius 2 is 2.27 bits per heavy atom. The number of amides is 2. The van der Waals surface area contributed by atoms with E-state index in [1.54, 1.807) is 6.92 Å². The Morgan fingerprint density at radius 1 is 1.67 bits per heavy atom. The fourth-order valence-electron chi connectivity index (χ4n) is 0.701. The fourth-order valence-corrected chi connectivity index (χ4v) is 0.701. The molecular formula is C8H13N3O4. The fraction of sp³-hybridized carbons (Fsp3) is 0.625. The molecule has 0 fully saturated rings. The van der Waals surface area contributed by atoms with Crippen LogP contribution in [0.2, 0.25) is 0 Å². The molecule has 1 atom stereocenters. The molecule has 0 rings (SSSR count). The van der Waals surface area contributed by atoms with E-state index in [4.69, 9.17) is 10.4 Å². The number of carboxylic acid groups (broad SMARTS) is 1. The second-order valence-electron chi connectivity index (χ2n) is 2.91. The minimum absolute atomic E-state index is 0.197. The standard InChI is InChI=1S/C8H13N3O4/c1-6(3-4-9)11(2)8(14)10-15-5-7(12)13/h6H,3,5H2,1-2H3,(H,10,14)(H,12,13). The molecule has 0 aromatic heterocycles. The number of hydroxylamine groups is 1. The van der Waals surface area contributed by atoms with Crippen LogP contribution in [0, 0.1) is 11.3 Å². The van der Waals surface area contributed by atoms with Gasteiger partial charge in [0.05, 0.1) is 12.5 Å². The van der Waals surface area contributed by atoms with Gasteiger partial charge in [0.15, 0.2) is 6.61 Å². The molecular weight excluding hydrogens is 202 g/mol. The number of nitrogens with one attached hydrogen (secondary N) is 1. The summed E-state index contributed by atoms with van der Waals surface area (Å²) in [5, 5.41) is 16.6. The third-order valence-electron chi connectivity index (χ3n) is 1.72. The predicted octanol–water partition coefficient (Wildman–Crippen LogP) is -0.0538. The molecule has 0 spiro atoms. The Balaban J connectivity index is 3.89. The maximum Gasteiger partial charge on any atom is 0.341 e. The summed E-state index contributed by atoms with van der Waals surface area (Å²) in [6.07, 6.45) is 0.197. The lowest BCUT2D eigenvalue weighted by atomic mass is 10.2. The van der Waals surface area contributed by atoms with E-state index in [1.807, 2.05) is 11.5 Å². The summed E-state index contributed by atoms with van der Waals surface area (Å²) in [5.74, 6) is -1.18. The summed E-state index contributed by atoms with van der Waals surface area (Å²) in [7, 11) is 1.49. The quantitative estimate of drug-likeness (QED) is 0.625. The van der Waals surface area contributed by atoms with Gasteiger partial charge in [-0.05, 0) is 6.92 Å². The number of aliphatic carboxylic acids is 1. The topological polar surface area (TPSA) is 103 Å². The average molecular weight is 215 g/mol. The van der Waals surface area contributed by atoms with Gasteiger partial charge in [0.1, 0.15) is 0 Å². The Bertz CT molecular complexity index is 274. The number of carbonyl (C=O) groups excluding carboxylic acids is 1. The first kappa shape index (κ1) is 13.2. The minimum atomic E-state index is -1.18. The van der Waals surface area contributed by atoms with Crippen LogP contribution >= 0.6 is 0 Å². The molecule has 15 heavy (non-hydrogen) atoms. The maximum atomic E-state index is 11.2. The lowest BCUT2D eigenvalue weighted by Crippen LogP contribution is -2.42. The lowest BCUT2D eigenvalue weighted by molar-refractivity contribution is -0.144. The van der Waals surface area contributed by atoms with Gasteiger partial charge in [-0.1, -0.05) is 0 Å². The molecule has 0 aliphatic heterocycles. The van der Waals surface area contributed by atoms with Crippen LogP contribution in [0.15, 0.2) is 0 Å². The van der Waals surface area contributed by atoms with E-state index < -0.39 is 18.6 Å². The molecule has 0 heterocycles. The molecule has 0 aliphatic rings. The minimum Gasteiger partial charge on any atom is -0.479 e. The van der Waals surface area contributed by atoms with Crippen LogP contribution in [0.25, 0.3) is 0 Å². The number of urea groups is 1. The largest absolute Gasteiger partial charge is 0.479 e. The second-order valence-corrected chi connectivity index (χ2v) is 2.91. The van der Waals surface area contributed by atoms with Crippen LogP contribution in [0.5, 0.6) is 0 Å². The van der Waals surface area contributed by atoms with Gasteiger partial charge in [0.2, 0.25) is 0 Å². The second kappa shape index (κ2) is 6.62. The van der Waals surface area contributed by atoms with Crippen molar-refractivity contribution in [3.05, 3.63) is 0 Å². The van der Waals surface area contributed by atoms with Gasteiger partial charge >= 0.3 is 12.0 Å². The summed E-state index contributed by atoms with van der Waals surface area (Å²) in [6, 6.07) is 1.08. The van der Waals surface area contributed by atoms with Crippen LogP contribution in [0.3, 0.4) is 0 Å². The molecule has 0 aromatic rings. The van der Waals surface area contributed by atoms with Crippen molar-refractivity contribution in [2.24, 2.45) is 0 Å². The van der Waals surface area contributed by atoms with Gasteiger partial charge < -0.3 is 10.0 Å². The van der Waals surface area contributed by atoms with E-state index in [0.29, 0.717) is 0 Å². The van der Waals surface area contributed by atoms with Crippen molar-refractivity contribution in [1.82, 2.24) is 10.4 Å². The lowest BCUT2D eigenvalue weighted by Gasteiger charge is -2.22. The summed E-state index contributed by atoms with van der Waals surface area (Å²) in [5.41, 5.74) is 1.95. The molecule has 0 radical (unpaired) electrons. The van der Waals surface area contributed by atoms with Crippen LogP contribution in [-0.2, 0) is 9.63 Å². The van der Waals surface area contributed by atoms with Crippen molar-refractivity contribution < 1.29 is 19.5 Å². The van der Waals surface area contributed by atoms with Crippen molar-refractivity contribution in [1.29, 1.82) is 5.26 Å². The van der Waals surface area contributed by atoms with Crippen molar-refractivity contribution in [3.63, 3.8) is 0 Å². The molecule has 7 nitrogen and oxygen atoms in total. The average Bonchev–Trinajstić information content (AvgIpc) is 2.16. The van der Waals surface area contributed by atoms with Crippen LogP contribution in [-0.4, -0.2) is 41.7 Å². The van der Waals surface area contributed by atoms with Gasteiger partial charge in [0.25, 0.3) is 0 Å². The zero-order chi connectivity index (χ0) is 11.8.